The third-order valence-electron chi connectivity index (χ3n) is 9.31. The van der Waals surface area contributed by atoms with Gasteiger partial charge in [-0.3, -0.25) is 24.2 Å². The lowest BCUT2D eigenvalue weighted by atomic mass is 9.95. The predicted octanol–water partition coefficient (Wildman–Crippen LogP) is 7.80. The minimum atomic E-state index is -0.965. The summed E-state index contributed by atoms with van der Waals surface area (Å²) < 4.78 is 0. The van der Waals surface area contributed by atoms with Crippen LogP contribution in [-0.4, -0.2) is 44.9 Å². The zero-order valence-corrected chi connectivity index (χ0v) is 30.4. The number of fused-ring (bicyclic) bond motifs is 1. The molecule has 1 aliphatic rings. The monoisotopic (exact) mass is 744 g/mol. The van der Waals surface area contributed by atoms with Crippen LogP contribution in [0.25, 0.3) is 0 Å². The Bertz CT molecular complexity index is 2150. The molecule has 0 aliphatic heterocycles. The van der Waals surface area contributed by atoms with E-state index in [9.17, 15) is 24.0 Å². The van der Waals surface area contributed by atoms with E-state index < -0.39 is 11.9 Å². The molecular formula is C42H40N4O7S. The van der Waals surface area contributed by atoms with Crippen molar-refractivity contribution in [2.75, 3.05) is 15.5 Å². The lowest BCUT2D eigenvalue weighted by Crippen LogP contribution is -2.30. The van der Waals surface area contributed by atoms with E-state index in [4.69, 9.17) is 10.2 Å². The van der Waals surface area contributed by atoms with Crippen molar-refractivity contribution in [3.8, 4) is 0 Å². The fourth-order valence-electron chi connectivity index (χ4n) is 6.48. The second-order valence-electron chi connectivity index (χ2n) is 13.2. The quantitative estimate of drug-likeness (QED) is 0.0843. The molecule has 1 aliphatic carbocycles. The summed E-state index contributed by atoms with van der Waals surface area (Å²) in [5, 5.41) is 24.7. The number of aromatic carboxylic acids is 1. The molecule has 12 heteroatoms. The lowest BCUT2D eigenvalue weighted by Gasteiger charge is -2.23. The van der Waals surface area contributed by atoms with Gasteiger partial charge < -0.3 is 25.7 Å². The average Bonchev–Trinajstić information content (AvgIpc) is 3.55. The van der Waals surface area contributed by atoms with Gasteiger partial charge in [-0.15, -0.1) is 11.3 Å². The summed E-state index contributed by atoms with van der Waals surface area (Å²) in [5.41, 5.74) is 6.05. The summed E-state index contributed by atoms with van der Waals surface area (Å²) in [6, 6.07) is 24.9. The van der Waals surface area contributed by atoms with Gasteiger partial charge in [0.1, 0.15) is 5.00 Å². The van der Waals surface area contributed by atoms with Crippen molar-refractivity contribution >= 4 is 57.4 Å². The number of carboxylic acids is 2. The number of nitrogens with one attached hydrogen (secondary N) is 2. The van der Waals surface area contributed by atoms with Crippen molar-refractivity contribution < 1.29 is 34.2 Å². The summed E-state index contributed by atoms with van der Waals surface area (Å²) in [7, 11) is 0. The number of aromatic nitrogens is 1. The Kier molecular flexibility index (Phi) is 12.2. The number of amides is 3. The van der Waals surface area contributed by atoms with Crippen LogP contribution in [0.3, 0.4) is 0 Å². The SMILES string of the molecule is O=C(O)CCCC(=O)N(Cc1cccc(C(=O)Nc2sc3c(c2C(=O)Nc2ccc(CCc4ccc(C(=O)O)cc4)cc2)CCCC3)c1)c1cccnc1. The zero-order valence-electron chi connectivity index (χ0n) is 29.5. The Morgan fingerprint density at radius 2 is 1.46 bits per heavy atom. The number of nitrogens with zero attached hydrogens (tertiary/aromatic N) is 2. The minimum Gasteiger partial charge on any atom is -0.481 e. The molecule has 4 N–H and O–H groups in total. The number of hydrogen-bond donors (Lipinski definition) is 4. The van der Waals surface area contributed by atoms with Crippen LogP contribution in [0.1, 0.15) is 90.3 Å². The first-order valence-corrected chi connectivity index (χ1v) is 18.7. The van der Waals surface area contributed by atoms with Crippen LogP contribution in [0.5, 0.6) is 0 Å². The van der Waals surface area contributed by atoms with Crippen LogP contribution in [0.4, 0.5) is 16.4 Å². The van der Waals surface area contributed by atoms with E-state index >= 15 is 0 Å². The molecule has 0 fully saturated rings. The van der Waals surface area contributed by atoms with Crippen LogP contribution < -0.4 is 15.5 Å². The third-order valence-corrected chi connectivity index (χ3v) is 10.5. The molecule has 3 aromatic carbocycles. The smallest absolute Gasteiger partial charge is 0.335 e. The largest absolute Gasteiger partial charge is 0.481 e. The van der Waals surface area contributed by atoms with Gasteiger partial charge in [0.25, 0.3) is 11.8 Å². The van der Waals surface area contributed by atoms with Gasteiger partial charge in [0.05, 0.1) is 29.6 Å². The zero-order chi connectivity index (χ0) is 38.0. The second-order valence-corrected chi connectivity index (χ2v) is 14.3. The summed E-state index contributed by atoms with van der Waals surface area (Å²) in [5.74, 6) is -2.84. The highest BCUT2D eigenvalue weighted by Crippen LogP contribution is 2.39. The molecule has 11 nitrogen and oxygen atoms in total. The predicted molar refractivity (Wildman–Crippen MR) is 207 cm³/mol. The molecule has 54 heavy (non-hydrogen) atoms. The van der Waals surface area contributed by atoms with Crippen molar-refractivity contribution in [3.05, 3.63) is 141 Å². The van der Waals surface area contributed by atoms with Gasteiger partial charge in [-0.25, -0.2) is 4.79 Å². The number of carbonyl (C=O) groups is 5. The van der Waals surface area contributed by atoms with Gasteiger partial charge >= 0.3 is 11.9 Å². The topological polar surface area (TPSA) is 166 Å². The first kappa shape index (κ1) is 37.6. The van der Waals surface area contributed by atoms with E-state index in [1.54, 1.807) is 54.9 Å². The Hall–Kier alpha value is -6.14. The van der Waals surface area contributed by atoms with Crippen LogP contribution in [0.2, 0.25) is 0 Å². The van der Waals surface area contributed by atoms with Crippen molar-refractivity contribution in [1.82, 2.24) is 4.98 Å². The van der Waals surface area contributed by atoms with E-state index in [0.29, 0.717) is 33.1 Å². The van der Waals surface area contributed by atoms with Crippen LogP contribution in [0.15, 0.2) is 97.3 Å². The van der Waals surface area contributed by atoms with E-state index in [1.165, 1.54) is 16.2 Å². The number of carbonyl (C=O) groups excluding carboxylic acids is 3. The van der Waals surface area contributed by atoms with E-state index in [2.05, 4.69) is 15.6 Å². The Labute approximate surface area is 316 Å². The fourth-order valence-corrected chi connectivity index (χ4v) is 7.76. The number of anilines is 3. The number of rotatable bonds is 15. The highest BCUT2D eigenvalue weighted by atomic mass is 32.1. The molecule has 276 valence electrons. The molecule has 0 unspecified atom stereocenters. The first-order valence-electron chi connectivity index (χ1n) is 17.8. The third kappa shape index (κ3) is 9.64. The Morgan fingerprint density at radius 3 is 2.15 bits per heavy atom. The molecule has 0 saturated carbocycles. The molecule has 6 rings (SSSR count). The summed E-state index contributed by atoms with van der Waals surface area (Å²) in [4.78, 5) is 69.8. The minimum absolute atomic E-state index is 0.0475. The number of aryl methyl sites for hydroxylation is 3. The normalized spacial score (nSPS) is 12.0. The molecule has 0 saturated heterocycles. The van der Waals surface area contributed by atoms with Gasteiger partial charge in [0.2, 0.25) is 5.91 Å². The van der Waals surface area contributed by atoms with Gasteiger partial charge in [-0.2, -0.15) is 0 Å². The lowest BCUT2D eigenvalue weighted by molar-refractivity contribution is -0.137. The highest BCUT2D eigenvalue weighted by Gasteiger charge is 2.27. The van der Waals surface area contributed by atoms with Crippen molar-refractivity contribution in [2.24, 2.45) is 0 Å². The van der Waals surface area contributed by atoms with Gasteiger partial charge in [-0.05, 0) is 116 Å². The molecule has 0 spiro atoms. The standard InChI is InChI=1S/C42H40N4O7S/c47-36(11-4-12-37(48)49)46(33-8-5-23-43-25-33)26-29-6-3-7-31(24-29)39(50)45-41-38(34-9-1-2-10-35(34)54-41)40(51)44-32-21-17-28(18-22-32)14-13-27-15-19-30(20-16-27)42(52)53/h3,5-8,15-25H,1-2,4,9-14,26H2,(H,44,51)(H,45,50)(H,48,49)(H,52,53). The molecule has 3 amide bonds. The van der Waals surface area contributed by atoms with Crippen molar-refractivity contribution in [3.63, 3.8) is 0 Å². The first-order chi connectivity index (χ1) is 26.1. The van der Waals surface area contributed by atoms with Crippen LogP contribution in [0, 0.1) is 0 Å². The van der Waals surface area contributed by atoms with Crippen molar-refractivity contribution in [1.29, 1.82) is 0 Å². The number of carboxylic acid groups (broad SMARTS) is 2. The summed E-state index contributed by atoms with van der Waals surface area (Å²) >= 11 is 1.43. The van der Waals surface area contributed by atoms with Crippen LogP contribution >= 0.6 is 11.3 Å². The van der Waals surface area contributed by atoms with Gasteiger partial charge in [0, 0.05) is 35.2 Å². The highest BCUT2D eigenvalue weighted by molar-refractivity contribution is 7.17. The molecule has 0 bridgehead atoms. The number of benzene rings is 3. The Morgan fingerprint density at radius 1 is 0.741 bits per heavy atom. The van der Waals surface area contributed by atoms with E-state index in [0.717, 1.165) is 60.1 Å². The summed E-state index contributed by atoms with van der Waals surface area (Å²) in [6.07, 6.45) is 8.35. The molecule has 2 aromatic heterocycles. The van der Waals surface area contributed by atoms with Crippen molar-refractivity contribution in [2.45, 2.75) is 64.3 Å². The van der Waals surface area contributed by atoms with E-state index in [-0.39, 0.29) is 49.1 Å². The number of hydrogen-bond acceptors (Lipinski definition) is 7. The second kappa shape index (κ2) is 17.6. The molecular weight excluding hydrogens is 705 g/mol. The molecule has 0 atom stereocenters. The maximum absolute atomic E-state index is 13.9. The fraction of sp³-hybridized carbons (Fsp3) is 0.238. The van der Waals surface area contributed by atoms with Gasteiger partial charge in [-0.1, -0.05) is 36.4 Å². The van der Waals surface area contributed by atoms with Crippen LogP contribution in [-0.2, 0) is 41.8 Å². The number of thiophene rings is 1. The number of pyridine rings is 1. The van der Waals surface area contributed by atoms with Gasteiger partial charge in [0.15, 0.2) is 0 Å². The number of aliphatic carboxylic acids is 1. The average molecular weight is 745 g/mol. The molecule has 0 radical (unpaired) electrons. The maximum atomic E-state index is 13.9. The maximum Gasteiger partial charge on any atom is 0.335 e. The molecule has 5 aromatic rings. The van der Waals surface area contributed by atoms with E-state index in [1.807, 2.05) is 42.5 Å². The molecule has 2 heterocycles. The summed E-state index contributed by atoms with van der Waals surface area (Å²) in [6.45, 7) is 0.151. The Balaban J connectivity index is 1.14.